The first-order chi connectivity index (χ1) is 15.6. The van der Waals surface area contributed by atoms with Crippen LogP contribution in [0.4, 0.5) is 0 Å². The van der Waals surface area contributed by atoms with E-state index in [0.29, 0.717) is 29.0 Å². The summed E-state index contributed by atoms with van der Waals surface area (Å²) in [7, 11) is 1.26. The van der Waals surface area contributed by atoms with Crippen molar-refractivity contribution in [3.8, 4) is 5.75 Å². The average Bonchev–Trinajstić information content (AvgIpc) is 2.75. The Bertz CT molecular complexity index is 991. The van der Waals surface area contributed by atoms with Gasteiger partial charge in [0.2, 0.25) is 0 Å². The number of methoxy groups -OCH3 is 1. The lowest BCUT2D eigenvalue weighted by Crippen LogP contribution is -2.43. The number of ether oxygens (including phenoxy) is 3. The van der Waals surface area contributed by atoms with Crippen molar-refractivity contribution in [2.75, 3.05) is 20.3 Å². The van der Waals surface area contributed by atoms with Gasteiger partial charge in [0.25, 0.3) is 0 Å². The van der Waals surface area contributed by atoms with Gasteiger partial charge in [-0.15, -0.1) is 0 Å². The summed E-state index contributed by atoms with van der Waals surface area (Å²) in [6, 6.07) is 6.33. The molecule has 1 aliphatic carbocycles. The van der Waals surface area contributed by atoms with Gasteiger partial charge in [-0.1, -0.05) is 19.1 Å². The summed E-state index contributed by atoms with van der Waals surface area (Å²) in [4.78, 5) is 39.2. The first kappa shape index (κ1) is 24.5. The lowest BCUT2D eigenvalue weighted by Gasteiger charge is -2.38. The van der Waals surface area contributed by atoms with Crippen LogP contribution in [0.1, 0.15) is 45.6 Å². The largest absolute Gasteiger partial charge is 0.508 e. The van der Waals surface area contributed by atoms with Crippen LogP contribution in [-0.4, -0.2) is 49.3 Å². The summed E-state index contributed by atoms with van der Waals surface area (Å²) in [5.74, 6) is -3.43. The zero-order chi connectivity index (χ0) is 24.3. The molecule has 1 heterocycles. The first-order valence-electron chi connectivity index (χ1n) is 11.1. The molecule has 0 bridgehead atoms. The van der Waals surface area contributed by atoms with E-state index in [-0.39, 0.29) is 42.3 Å². The molecule has 2 aliphatic rings. The second-order valence-corrected chi connectivity index (χ2v) is 8.68. The van der Waals surface area contributed by atoms with Gasteiger partial charge in [-0.05, 0) is 50.8 Å². The maximum Gasteiger partial charge on any atom is 0.336 e. The molecular formula is C25H31NO7. The number of aromatic hydroxyl groups is 1. The second-order valence-electron chi connectivity index (χ2n) is 8.68. The van der Waals surface area contributed by atoms with Gasteiger partial charge in [-0.2, -0.15) is 0 Å². The van der Waals surface area contributed by atoms with Crippen molar-refractivity contribution in [2.24, 2.45) is 11.8 Å². The summed E-state index contributed by atoms with van der Waals surface area (Å²) in [5.41, 5.74) is 2.54. The van der Waals surface area contributed by atoms with Crippen LogP contribution in [0.5, 0.6) is 5.75 Å². The van der Waals surface area contributed by atoms with Crippen LogP contribution in [0.3, 0.4) is 0 Å². The van der Waals surface area contributed by atoms with Crippen molar-refractivity contribution in [1.29, 1.82) is 0 Å². The number of carbonyl (C=O) groups excluding carboxylic acids is 3. The predicted molar refractivity (Wildman–Crippen MR) is 120 cm³/mol. The number of esters is 2. The molecule has 2 N–H and O–H groups in total. The third-order valence-electron chi connectivity index (χ3n) is 5.96. The molecule has 8 nitrogen and oxygen atoms in total. The molecule has 0 saturated carbocycles. The molecule has 0 unspecified atom stereocenters. The Balaban J connectivity index is 2.02. The molecular weight excluding hydrogens is 426 g/mol. The minimum atomic E-state index is -0.953. The summed E-state index contributed by atoms with van der Waals surface area (Å²) in [6.07, 6.45) is 0.465. The molecule has 1 aliphatic heterocycles. The van der Waals surface area contributed by atoms with Gasteiger partial charge in [0.05, 0.1) is 25.4 Å². The number of rotatable bonds is 7. The van der Waals surface area contributed by atoms with Crippen LogP contribution in [0.25, 0.3) is 0 Å². The van der Waals surface area contributed by atoms with E-state index in [1.807, 2.05) is 20.8 Å². The van der Waals surface area contributed by atoms with Crippen molar-refractivity contribution in [1.82, 2.24) is 5.32 Å². The van der Waals surface area contributed by atoms with Gasteiger partial charge in [0.1, 0.15) is 18.3 Å². The van der Waals surface area contributed by atoms with Gasteiger partial charge in [0, 0.05) is 22.9 Å². The Morgan fingerprint density at radius 2 is 1.85 bits per heavy atom. The number of phenolic OH excluding ortho intramolecular Hbond substituents is 1. The summed E-state index contributed by atoms with van der Waals surface area (Å²) >= 11 is 0. The zero-order valence-electron chi connectivity index (χ0n) is 19.6. The SMILES string of the molecule is COC(=O)[C@@H]1C(=O)C2=C(C[C@@H]1C)NC(C)=C(C(=O)OCCOC(C)C)[C@H]2c1ccc(O)cc1. The Hall–Kier alpha value is -3.13. The molecule has 0 radical (unpaired) electrons. The number of ketones is 1. The highest BCUT2D eigenvalue weighted by Gasteiger charge is 2.47. The molecule has 3 atom stereocenters. The van der Waals surface area contributed by atoms with Crippen molar-refractivity contribution < 1.29 is 33.7 Å². The molecule has 1 aromatic rings. The standard InChI is InChI=1S/C25H31NO7/c1-13(2)32-10-11-33-25(30)20-15(4)26-18-12-14(3)19(24(29)31-5)23(28)22(18)21(20)16-6-8-17(27)9-7-16/h6-9,13-14,19,21,26-27H,10-12H2,1-5H3/t14-,19-,21+/m0/s1. The molecule has 178 valence electrons. The van der Waals surface area contributed by atoms with Crippen LogP contribution >= 0.6 is 0 Å². The fraction of sp³-hybridized carbons (Fsp3) is 0.480. The van der Waals surface area contributed by atoms with E-state index >= 15 is 0 Å². The van der Waals surface area contributed by atoms with Crippen LogP contribution in [-0.2, 0) is 28.6 Å². The Kier molecular flexibility index (Phi) is 7.58. The molecule has 3 rings (SSSR count). The van der Waals surface area contributed by atoms with E-state index in [1.165, 1.54) is 19.2 Å². The minimum Gasteiger partial charge on any atom is -0.508 e. The smallest absolute Gasteiger partial charge is 0.336 e. The molecule has 8 heteroatoms. The highest BCUT2D eigenvalue weighted by atomic mass is 16.6. The number of dihydropyridines is 1. The van der Waals surface area contributed by atoms with Gasteiger partial charge < -0.3 is 24.6 Å². The summed E-state index contributed by atoms with van der Waals surface area (Å²) < 4.78 is 15.8. The van der Waals surface area contributed by atoms with Crippen LogP contribution in [0.2, 0.25) is 0 Å². The number of nitrogens with one attached hydrogen (secondary N) is 1. The monoisotopic (exact) mass is 457 g/mol. The zero-order valence-corrected chi connectivity index (χ0v) is 19.6. The number of carbonyl (C=O) groups is 3. The number of Topliss-reactive ketones (excluding diaryl/α,β-unsaturated/α-hetero) is 1. The van der Waals surface area contributed by atoms with E-state index < -0.39 is 23.8 Å². The van der Waals surface area contributed by atoms with Gasteiger partial charge in [-0.25, -0.2) is 4.79 Å². The van der Waals surface area contributed by atoms with Crippen molar-refractivity contribution >= 4 is 17.7 Å². The second kappa shape index (κ2) is 10.2. The number of hydrogen-bond donors (Lipinski definition) is 2. The quantitative estimate of drug-likeness (QED) is 0.365. The van der Waals surface area contributed by atoms with Gasteiger partial charge in [-0.3, -0.25) is 9.59 Å². The number of hydrogen-bond acceptors (Lipinski definition) is 8. The highest BCUT2D eigenvalue weighted by molar-refractivity contribution is 6.12. The van der Waals surface area contributed by atoms with E-state index in [9.17, 15) is 19.5 Å². The Labute approximate surface area is 193 Å². The molecule has 33 heavy (non-hydrogen) atoms. The number of benzene rings is 1. The summed E-state index contributed by atoms with van der Waals surface area (Å²) in [5, 5.41) is 13.0. The topological polar surface area (TPSA) is 111 Å². The maximum absolute atomic E-state index is 13.6. The third-order valence-corrected chi connectivity index (χ3v) is 5.96. The Morgan fingerprint density at radius 3 is 2.45 bits per heavy atom. The Morgan fingerprint density at radius 1 is 1.18 bits per heavy atom. The minimum absolute atomic E-state index is 0.00978. The van der Waals surface area contributed by atoms with Gasteiger partial charge in [0.15, 0.2) is 5.78 Å². The van der Waals surface area contributed by atoms with Crippen molar-refractivity contribution in [2.45, 2.75) is 46.1 Å². The lowest BCUT2D eigenvalue weighted by atomic mass is 9.69. The molecule has 0 fully saturated rings. The predicted octanol–water partition coefficient (Wildman–Crippen LogP) is 2.97. The molecule has 0 amide bonds. The maximum atomic E-state index is 13.6. The number of allylic oxidation sites excluding steroid dienone is 3. The summed E-state index contributed by atoms with van der Waals surface area (Å²) in [6.45, 7) is 7.70. The van der Waals surface area contributed by atoms with Crippen LogP contribution < -0.4 is 5.32 Å². The van der Waals surface area contributed by atoms with Crippen molar-refractivity contribution in [3.63, 3.8) is 0 Å². The lowest BCUT2D eigenvalue weighted by molar-refractivity contribution is -0.151. The van der Waals surface area contributed by atoms with Crippen LogP contribution in [0.15, 0.2) is 46.8 Å². The fourth-order valence-corrected chi connectivity index (χ4v) is 4.45. The normalized spacial score (nSPS) is 22.7. The highest BCUT2D eigenvalue weighted by Crippen LogP contribution is 2.45. The van der Waals surface area contributed by atoms with Crippen LogP contribution in [0, 0.1) is 11.8 Å². The molecule has 0 spiro atoms. The van der Waals surface area contributed by atoms with E-state index in [4.69, 9.17) is 14.2 Å². The molecule has 1 aromatic carbocycles. The van der Waals surface area contributed by atoms with Crippen molar-refractivity contribution in [3.05, 3.63) is 52.4 Å². The number of phenols is 1. The first-order valence-corrected chi connectivity index (χ1v) is 11.1. The molecule has 0 saturated heterocycles. The van der Waals surface area contributed by atoms with E-state index in [0.717, 1.165) is 0 Å². The molecule has 0 aromatic heterocycles. The average molecular weight is 458 g/mol. The van der Waals surface area contributed by atoms with E-state index in [2.05, 4.69) is 5.32 Å². The fourth-order valence-electron chi connectivity index (χ4n) is 4.45. The van der Waals surface area contributed by atoms with Gasteiger partial charge >= 0.3 is 11.9 Å². The third kappa shape index (κ3) is 5.11. The van der Waals surface area contributed by atoms with E-state index in [1.54, 1.807) is 19.1 Å².